The van der Waals surface area contributed by atoms with Crippen LogP contribution in [0.4, 0.5) is 4.79 Å². The van der Waals surface area contributed by atoms with Gasteiger partial charge >= 0.3 is 6.09 Å². The van der Waals surface area contributed by atoms with Crippen molar-refractivity contribution in [2.24, 2.45) is 7.05 Å². The fraction of sp³-hybridized carbons (Fsp3) is 0.286. The average molecular weight is 586 g/mol. The molecule has 0 bridgehead atoms. The van der Waals surface area contributed by atoms with Crippen molar-refractivity contribution in [2.75, 3.05) is 0 Å². The molecule has 1 aliphatic rings. The Bertz CT molecular complexity index is 1980. The first-order chi connectivity index (χ1) is 21.2. The molecule has 0 spiro atoms. The first-order valence-corrected chi connectivity index (χ1v) is 15.0. The van der Waals surface area contributed by atoms with E-state index in [1.54, 1.807) is 6.33 Å². The lowest BCUT2D eigenvalue weighted by atomic mass is 9.87. The molecule has 7 rings (SSSR count). The molecule has 0 saturated heterocycles. The van der Waals surface area contributed by atoms with Crippen LogP contribution >= 0.6 is 0 Å². The molecule has 6 aromatic rings. The van der Waals surface area contributed by atoms with Gasteiger partial charge in [-0.05, 0) is 56.9 Å². The number of nitrogens with zero attached hydrogens (tertiary/aromatic N) is 6. The molecule has 1 saturated carbocycles. The number of aryl methyl sites for hydroxylation is 1. The minimum atomic E-state index is -0.554. The van der Waals surface area contributed by atoms with Gasteiger partial charge in [0.25, 0.3) is 0 Å². The van der Waals surface area contributed by atoms with Crippen molar-refractivity contribution in [2.45, 2.75) is 57.6 Å². The summed E-state index contributed by atoms with van der Waals surface area (Å²) in [6.45, 7) is 5.66. The second-order valence-corrected chi connectivity index (χ2v) is 12.6. The Morgan fingerprint density at radius 3 is 2.39 bits per heavy atom. The minimum Gasteiger partial charge on any atom is -0.444 e. The van der Waals surface area contributed by atoms with Crippen LogP contribution in [0.3, 0.4) is 0 Å². The van der Waals surface area contributed by atoms with Crippen molar-refractivity contribution in [1.29, 1.82) is 0 Å². The molecule has 44 heavy (non-hydrogen) atoms. The van der Waals surface area contributed by atoms with E-state index in [4.69, 9.17) is 9.72 Å². The number of rotatable bonds is 5. The molecule has 4 aromatic heterocycles. The van der Waals surface area contributed by atoms with Crippen molar-refractivity contribution in [1.82, 2.24) is 34.4 Å². The molecule has 0 aliphatic heterocycles. The zero-order chi connectivity index (χ0) is 30.5. The van der Waals surface area contributed by atoms with Crippen molar-refractivity contribution in [3.8, 4) is 33.9 Å². The second-order valence-electron chi connectivity index (χ2n) is 12.6. The number of carbonyl (C=O) groups excluding carboxylic acids is 1. The first-order valence-electron chi connectivity index (χ1n) is 15.0. The van der Waals surface area contributed by atoms with Gasteiger partial charge in [0.1, 0.15) is 11.3 Å². The lowest BCUT2D eigenvalue weighted by molar-refractivity contribution is 0.0453. The highest BCUT2D eigenvalue weighted by Crippen LogP contribution is 2.41. The van der Waals surface area contributed by atoms with Crippen LogP contribution in [0.25, 0.3) is 50.5 Å². The number of fused-ring (bicyclic) bond motifs is 3. The average Bonchev–Trinajstić information content (AvgIpc) is 3.76. The Balaban J connectivity index is 1.31. The number of carbonyl (C=O) groups is 1. The third kappa shape index (κ3) is 5.08. The fourth-order valence-electron chi connectivity index (χ4n) is 6.27. The number of benzene rings is 2. The number of imidazole rings is 1. The van der Waals surface area contributed by atoms with Crippen LogP contribution in [0.5, 0.6) is 0 Å². The van der Waals surface area contributed by atoms with Gasteiger partial charge in [-0.2, -0.15) is 0 Å². The van der Waals surface area contributed by atoms with E-state index in [0.717, 1.165) is 75.9 Å². The standard InChI is InChI=1S/C35H35N7O2/c1-34(2,3)44-33(43)38-35(17-8-9-18-35)25-14-12-24(13-15-25)30-26(23-10-6-5-7-11-23)20-27-28(37-30)16-19-42-31(27)39-40-32(42)29-21-41(4)22-36-29/h5-7,10-16,19-22H,8-9,17-18H2,1-4H3,(H,38,43). The molecule has 0 radical (unpaired) electrons. The van der Waals surface area contributed by atoms with Gasteiger partial charge in [-0.3, -0.25) is 4.40 Å². The van der Waals surface area contributed by atoms with Gasteiger partial charge in [-0.1, -0.05) is 67.4 Å². The van der Waals surface area contributed by atoms with Gasteiger partial charge in [0, 0.05) is 36.0 Å². The molecule has 0 unspecified atom stereocenters. The highest BCUT2D eigenvalue weighted by molar-refractivity contribution is 5.98. The number of aromatic nitrogens is 6. The number of hydrogen-bond acceptors (Lipinski definition) is 6. The zero-order valence-corrected chi connectivity index (χ0v) is 25.4. The Morgan fingerprint density at radius 1 is 0.955 bits per heavy atom. The van der Waals surface area contributed by atoms with Crippen LogP contribution in [0.2, 0.25) is 0 Å². The summed E-state index contributed by atoms with van der Waals surface area (Å²) in [5, 5.41) is 13.2. The van der Waals surface area contributed by atoms with Crippen LogP contribution in [0, 0.1) is 0 Å². The Hall–Kier alpha value is -5.05. The van der Waals surface area contributed by atoms with Crippen molar-refractivity contribution >= 4 is 22.6 Å². The molecular weight excluding hydrogens is 550 g/mol. The Morgan fingerprint density at radius 2 is 1.70 bits per heavy atom. The van der Waals surface area contributed by atoms with Crippen LogP contribution in [0.1, 0.15) is 52.0 Å². The molecule has 1 amide bonds. The quantitative estimate of drug-likeness (QED) is 0.228. The lowest BCUT2D eigenvalue weighted by Gasteiger charge is -2.32. The van der Waals surface area contributed by atoms with E-state index in [0.29, 0.717) is 5.82 Å². The summed E-state index contributed by atoms with van der Waals surface area (Å²) in [5.74, 6) is 0.684. The summed E-state index contributed by atoms with van der Waals surface area (Å²) in [4.78, 5) is 22.5. The molecule has 9 heteroatoms. The molecule has 1 N–H and O–H groups in total. The number of amides is 1. The maximum atomic E-state index is 12.8. The number of nitrogens with one attached hydrogen (secondary N) is 1. The zero-order valence-electron chi connectivity index (χ0n) is 25.4. The van der Waals surface area contributed by atoms with E-state index in [9.17, 15) is 4.79 Å². The van der Waals surface area contributed by atoms with Crippen molar-refractivity contribution < 1.29 is 9.53 Å². The monoisotopic (exact) mass is 585 g/mol. The predicted octanol–water partition coefficient (Wildman–Crippen LogP) is 7.31. The summed E-state index contributed by atoms with van der Waals surface area (Å²) in [6, 6.07) is 22.9. The molecule has 2 aromatic carbocycles. The van der Waals surface area contributed by atoms with E-state index in [-0.39, 0.29) is 6.09 Å². The highest BCUT2D eigenvalue weighted by atomic mass is 16.6. The smallest absolute Gasteiger partial charge is 0.408 e. The number of alkyl carbamates (subject to hydrolysis) is 1. The fourth-order valence-corrected chi connectivity index (χ4v) is 6.27. The van der Waals surface area contributed by atoms with E-state index < -0.39 is 11.1 Å². The Kier molecular flexibility index (Phi) is 6.68. The predicted molar refractivity (Wildman–Crippen MR) is 171 cm³/mol. The molecule has 222 valence electrons. The number of ether oxygens (including phenoxy) is 1. The van der Waals surface area contributed by atoms with Crippen LogP contribution in [0.15, 0.2) is 85.5 Å². The highest BCUT2D eigenvalue weighted by Gasteiger charge is 2.38. The van der Waals surface area contributed by atoms with E-state index >= 15 is 0 Å². The number of hydrogen-bond donors (Lipinski definition) is 1. The van der Waals surface area contributed by atoms with Crippen LogP contribution in [-0.2, 0) is 17.3 Å². The molecule has 0 atom stereocenters. The topological polar surface area (TPSA) is 99.2 Å². The largest absolute Gasteiger partial charge is 0.444 e. The van der Waals surface area contributed by atoms with Gasteiger partial charge in [-0.15, -0.1) is 10.2 Å². The van der Waals surface area contributed by atoms with Gasteiger partial charge < -0.3 is 14.6 Å². The molecule has 1 fully saturated rings. The third-order valence-corrected chi connectivity index (χ3v) is 8.30. The van der Waals surface area contributed by atoms with E-state index in [1.807, 2.05) is 73.4 Å². The second kappa shape index (κ2) is 10.6. The third-order valence-electron chi connectivity index (χ3n) is 8.30. The van der Waals surface area contributed by atoms with Crippen molar-refractivity contribution in [3.05, 3.63) is 91.0 Å². The van der Waals surface area contributed by atoms with Gasteiger partial charge in [-0.25, -0.2) is 14.8 Å². The van der Waals surface area contributed by atoms with Gasteiger partial charge in [0.05, 0.1) is 23.1 Å². The first kappa shape index (κ1) is 27.8. The summed E-state index contributed by atoms with van der Waals surface area (Å²) in [5.41, 5.74) is 6.34. The maximum absolute atomic E-state index is 12.8. The van der Waals surface area contributed by atoms with Crippen LogP contribution in [-0.4, -0.2) is 40.8 Å². The molecule has 9 nitrogen and oxygen atoms in total. The lowest BCUT2D eigenvalue weighted by Crippen LogP contribution is -2.46. The minimum absolute atomic E-state index is 0.378. The summed E-state index contributed by atoms with van der Waals surface area (Å²) in [7, 11) is 1.93. The summed E-state index contributed by atoms with van der Waals surface area (Å²) < 4.78 is 9.49. The Labute approximate surface area is 256 Å². The van der Waals surface area contributed by atoms with Crippen molar-refractivity contribution in [3.63, 3.8) is 0 Å². The SMILES string of the molecule is Cn1cnc(-c2nnc3c4cc(-c5ccccc5)c(-c5ccc(C6(NC(=O)OC(C)(C)C)CCCC6)cc5)nc4ccn23)c1. The maximum Gasteiger partial charge on any atom is 0.408 e. The summed E-state index contributed by atoms with van der Waals surface area (Å²) in [6.07, 6.45) is 9.13. The van der Waals surface area contributed by atoms with Gasteiger partial charge in [0.15, 0.2) is 11.5 Å². The van der Waals surface area contributed by atoms with E-state index in [2.05, 4.69) is 63.0 Å². The van der Waals surface area contributed by atoms with E-state index in [1.165, 1.54) is 0 Å². The molecule has 1 aliphatic carbocycles. The van der Waals surface area contributed by atoms with Crippen LogP contribution < -0.4 is 5.32 Å². The number of pyridine rings is 2. The molecule has 4 heterocycles. The normalized spacial score (nSPS) is 14.7. The van der Waals surface area contributed by atoms with Gasteiger partial charge in [0.2, 0.25) is 0 Å². The molecular formula is C35H35N7O2. The summed E-state index contributed by atoms with van der Waals surface area (Å²) >= 11 is 0.